The number of ether oxygens (including phenoxy) is 1. The number of nitrogens with one attached hydrogen (secondary N) is 1. The SMILES string of the molecule is C=CCNC1=CC(C)=C(C(=O)OCC)CC1. The second-order valence-electron chi connectivity index (χ2n) is 3.72. The molecule has 0 saturated carbocycles. The number of hydrogen-bond donors (Lipinski definition) is 1. The van der Waals surface area contributed by atoms with E-state index in [1.807, 2.05) is 26.0 Å². The van der Waals surface area contributed by atoms with Crippen molar-refractivity contribution in [3.05, 3.63) is 35.6 Å². The molecule has 0 aromatic rings. The van der Waals surface area contributed by atoms with Gasteiger partial charge in [0.15, 0.2) is 0 Å². The minimum Gasteiger partial charge on any atom is -0.463 e. The number of esters is 1. The lowest BCUT2D eigenvalue weighted by Gasteiger charge is -2.18. The third kappa shape index (κ3) is 3.26. The average Bonchev–Trinajstić information content (AvgIpc) is 2.26. The predicted octanol–water partition coefficient (Wildman–Crippen LogP) is 2.32. The number of carbonyl (C=O) groups excluding carboxylic acids is 1. The van der Waals surface area contributed by atoms with Gasteiger partial charge in [0.25, 0.3) is 0 Å². The maximum atomic E-state index is 11.6. The van der Waals surface area contributed by atoms with E-state index in [-0.39, 0.29) is 5.97 Å². The summed E-state index contributed by atoms with van der Waals surface area (Å²) in [5.41, 5.74) is 2.95. The van der Waals surface area contributed by atoms with Gasteiger partial charge in [-0.05, 0) is 38.3 Å². The molecule has 1 aliphatic rings. The molecule has 0 aliphatic heterocycles. The van der Waals surface area contributed by atoms with Crippen LogP contribution in [0.25, 0.3) is 0 Å². The van der Waals surface area contributed by atoms with E-state index in [1.165, 1.54) is 0 Å². The Bertz CT molecular complexity index is 340. The van der Waals surface area contributed by atoms with Crippen molar-refractivity contribution in [1.82, 2.24) is 5.32 Å². The highest BCUT2D eigenvalue weighted by molar-refractivity contribution is 5.90. The Kier molecular flexibility index (Phi) is 4.83. The molecule has 0 atom stereocenters. The Labute approximate surface area is 96.9 Å². The lowest BCUT2D eigenvalue weighted by Crippen LogP contribution is -2.18. The first-order chi connectivity index (χ1) is 7.69. The number of carbonyl (C=O) groups is 1. The lowest BCUT2D eigenvalue weighted by atomic mass is 9.96. The second kappa shape index (κ2) is 6.16. The van der Waals surface area contributed by atoms with Crippen LogP contribution in [0.3, 0.4) is 0 Å². The zero-order valence-electron chi connectivity index (χ0n) is 10.0. The van der Waals surface area contributed by atoms with Crippen LogP contribution in [-0.4, -0.2) is 19.1 Å². The lowest BCUT2D eigenvalue weighted by molar-refractivity contribution is -0.138. The molecular formula is C13H19NO2. The molecule has 0 saturated heterocycles. The Morgan fingerprint density at radius 3 is 2.94 bits per heavy atom. The van der Waals surface area contributed by atoms with E-state index in [0.717, 1.165) is 36.2 Å². The monoisotopic (exact) mass is 221 g/mol. The molecule has 0 aromatic carbocycles. The predicted molar refractivity (Wildman–Crippen MR) is 64.8 cm³/mol. The van der Waals surface area contributed by atoms with E-state index >= 15 is 0 Å². The summed E-state index contributed by atoms with van der Waals surface area (Å²) < 4.78 is 5.01. The third-order valence-electron chi connectivity index (χ3n) is 2.51. The van der Waals surface area contributed by atoms with Crippen molar-refractivity contribution < 1.29 is 9.53 Å². The van der Waals surface area contributed by atoms with Gasteiger partial charge < -0.3 is 10.1 Å². The summed E-state index contributed by atoms with van der Waals surface area (Å²) in [5, 5.41) is 3.25. The van der Waals surface area contributed by atoms with Crippen LogP contribution in [0.2, 0.25) is 0 Å². The van der Waals surface area contributed by atoms with Gasteiger partial charge >= 0.3 is 5.97 Å². The molecule has 0 radical (unpaired) electrons. The topological polar surface area (TPSA) is 38.3 Å². The molecule has 1 rings (SSSR count). The van der Waals surface area contributed by atoms with Crippen molar-refractivity contribution in [2.24, 2.45) is 0 Å². The molecule has 0 fully saturated rings. The summed E-state index contributed by atoms with van der Waals surface area (Å²) in [5.74, 6) is -0.181. The zero-order chi connectivity index (χ0) is 12.0. The fourth-order valence-corrected chi connectivity index (χ4v) is 1.70. The first-order valence-electron chi connectivity index (χ1n) is 5.61. The largest absolute Gasteiger partial charge is 0.463 e. The van der Waals surface area contributed by atoms with Gasteiger partial charge in [-0.1, -0.05) is 6.08 Å². The van der Waals surface area contributed by atoms with Crippen molar-refractivity contribution in [2.75, 3.05) is 13.2 Å². The van der Waals surface area contributed by atoms with Gasteiger partial charge in [0, 0.05) is 17.8 Å². The second-order valence-corrected chi connectivity index (χ2v) is 3.72. The van der Waals surface area contributed by atoms with Crippen molar-refractivity contribution in [3.63, 3.8) is 0 Å². The Hall–Kier alpha value is -1.51. The molecule has 0 heterocycles. The van der Waals surface area contributed by atoms with E-state index < -0.39 is 0 Å². The smallest absolute Gasteiger partial charge is 0.334 e. The molecule has 0 unspecified atom stereocenters. The van der Waals surface area contributed by atoms with Gasteiger partial charge in [-0.15, -0.1) is 6.58 Å². The maximum Gasteiger partial charge on any atom is 0.334 e. The standard InChI is InChI=1S/C13H19NO2/c1-4-8-14-11-6-7-12(10(3)9-11)13(15)16-5-2/h4,9,14H,1,5-8H2,2-3H3. The molecule has 0 bridgehead atoms. The van der Waals surface area contributed by atoms with Gasteiger partial charge in [0.1, 0.15) is 0 Å². The van der Waals surface area contributed by atoms with Gasteiger partial charge in [0.05, 0.1) is 6.61 Å². The highest BCUT2D eigenvalue weighted by atomic mass is 16.5. The Balaban J connectivity index is 2.70. The quantitative estimate of drug-likeness (QED) is 0.572. The molecule has 0 amide bonds. The summed E-state index contributed by atoms with van der Waals surface area (Å²) in [6.45, 7) is 8.61. The van der Waals surface area contributed by atoms with E-state index in [0.29, 0.717) is 6.61 Å². The first-order valence-corrected chi connectivity index (χ1v) is 5.61. The van der Waals surface area contributed by atoms with Gasteiger partial charge in [-0.25, -0.2) is 4.79 Å². The van der Waals surface area contributed by atoms with E-state index in [4.69, 9.17) is 4.74 Å². The molecule has 0 aromatic heterocycles. The Morgan fingerprint density at radius 2 is 2.38 bits per heavy atom. The third-order valence-corrected chi connectivity index (χ3v) is 2.51. The average molecular weight is 221 g/mol. The number of hydrogen-bond acceptors (Lipinski definition) is 3. The maximum absolute atomic E-state index is 11.6. The number of rotatable bonds is 5. The highest BCUT2D eigenvalue weighted by Crippen LogP contribution is 2.23. The van der Waals surface area contributed by atoms with Crippen LogP contribution in [0.1, 0.15) is 26.7 Å². The summed E-state index contributed by atoms with van der Waals surface area (Å²) in [4.78, 5) is 11.6. The summed E-state index contributed by atoms with van der Waals surface area (Å²) >= 11 is 0. The molecular weight excluding hydrogens is 202 g/mol. The Morgan fingerprint density at radius 1 is 1.62 bits per heavy atom. The van der Waals surface area contributed by atoms with E-state index in [2.05, 4.69) is 11.9 Å². The van der Waals surface area contributed by atoms with E-state index in [1.54, 1.807) is 0 Å². The summed E-state index contributed by atoms with van der Waals surface area (Å²) in [6.07, 6.45) is 5.44. The number of allylic oxidation sites excluding steroid dienone is 3. The summed E-state index contributed by atoms with van der Waals surface area (Å²) in [6, 6.07) is 0. The van der Waals surface area contributed by atoms with Crippen molar-refractivity contribution in [2.45, 2.75) is 26.7 Å². The highest BCUT2D eigenvalue weighted by Gasteiger charge is 2.17. The van der Waals surface area contributed by atoms with Crippen molar-refractivity contribution in [1.29, 1.82) is 0 Å². The normalized spacial score (nSPS) is 15.5. The van der Waals surface area contributed by atoms with Crippen LogP contribution in [0.15, 0.2) is 35.6 Å². The fourth-order valence-electron chi connectivity index (χ4n) is 1.70. The van der Waals surface area contributed by atoms with Crippen LogP contribution in [0.5, 0.6) is 0 Å². The summed E-state index contributed by atoms with van der Waals surface area (Å²) in [7, 11) is 0. The molecule has 1 N–H and O–H groups in total. The minimum absolute atomic E-state index is 0.181. The van der Waals surface area contributed by atoms with Crippen LogP contribution >= 0.6 is 0 Å². The molecule has 3 heteroatoms. The fraction of sp³-hybridized carbons (Fsp3) is 0.462. The minimum atomic E-state index is -0.181. The van der Waals surface area contributed by atoms with Gasteiger partial charge in [0.2, 0.25) is 0 Å². The van der Waals surface area contributed by atoms with Crippen LogP contribution in [0.4, 0.5) is 0 Å². The van der Waals surface area contributed by atoms with Crippen molar-refractivity contribution in [3.8, 4) is 0 Å². The van der Waals surface area contributed by atoms with E-state index in [9.17, 15) is 4.79 Å². The van der Waals surface area contributed by atoms with Crippen LogP contribution < -0.4 is 5.32 Å². The first kappa shape index (κ1) is 12.6. The molecule has 88 valence electrons. The van der Waals surface area contributed by atoms with Crippen molar-refractivity contribution >= 4 is 5.97 Å². The zero-order valence-corrected chi connectivity index (χ0v) is 10.0. The van der Waals surface area contributed by atoms with Gasteiger partial charge in [-0.3, -0.25) is 0 Å². The van der Waals surface area contributed by atoms with Crippen LogP contribution in [-0.2, 0) is 9.53 Å². The van der Waals surface area contributed by atoms with Crippen LogP contribution in [0, 0.1) is 0 Å². The molecule has 0 spiro atoms. The molecule has 16 heavy (non-hydrogen) atoms. The molecule has 3 nitrogen and oxygen atoms in total. The molecule has 1 aliphatic carbocycles. The van der Waals surface area contributed by atoms with Gasteiger partial charge in [-0.2, -0.15) is 0 Å².